The van der Waals surface area contributed by atoms with Gasteiger partial charge in [0.1, 0.15) is 0 Å². The van der Waals surface area contributed by atoms with Crippen molar-refractivity contribution < 1.29 is 9.00 Å². The minimum absolute atomic E-state index is 0.130. The number of hydrogen-bond acceptors (Lipinski definition) is 2. The molecule has 2 nitrogen and oxygen atoms in total. The van der Waals surface area contributed by atoms with Crippen molar-refractivity contribution in [3.05, 3.63) is 29.8 Å². The molecule has 3 aliphatic carbocycles. The summed E-state index contributed by atoms with van der Waals surface area (Å²) in [6.45, 7) is 6.36. The number of carbonyl (C=O) groups is 1. The van der Waals surface area contributed by atoms with Gasteiger partial charge in [-0.3, -0.25) is 9.00 Å². The van der Waals surface area contributed by atoms with E-state index in [4.69, 9.17) is 0 Å². The molecule has 2 bridgehead atoms. The maximum absolute atomic E-state index is 12.6. The lowest BCUT2D eigenvalue weighted by atomic mass is 9.48. The Kier molecular flexibility index (Phi) is 2.93. The number of Topliss-reactive ketones (excluding diaryl/α,β-unsaturated/α-hetero) is 1. The van der Waals surface area contributed by atoms with Gasteiger partial charge in [-0.1, -0.05) is 31.5 Å². The van der Waals surface area contributed by atoms with Crippen LogP contribution in [0.4, 0.5) is 0 Å². The fourth-order valence-electron chi connectivity index (χ4n) is 3.53. The first kappa shape index (κ1) is 13.0. The van der Waals surface area contributed by atoms with Gasteiger partial charge < -0.3 is 0 Å². The van der Waals surface area contributed by atoms with Crippen molar-refractivity contribution >= 4 is 16.6 Å². The molecule has 3 saturated carbocycles. The highest BCUT2D eigenvalue weighted by molar-refractivity contribution is 7.86. The van der Waals surface area contributed by atoms with Crippen molar-refractivity contribution in [1.29, 1.82) is 0 Å². The first-order valence-corrected chi connectivity index (χ1v) is 8.13. The molecule has 4 rings (SSSR count). The van der Waals surface area contributed by atoms with Crippen LogP contribution in [-0.4, -0.2) is 15.2 Å². The molecule has 3 heteroatoms. The lowest BCUT2D eigenvalue weighted by Gasteiger charge is -2.57. The molecule has 19 heavy (non-hydrogen) atoms. The van der Waals surface area contributed by atoms with Gasteiger partial charge in [0, 0.05) is 10.8 Å². The average molecular weight is 276 g/mol. The predicted octanol–water partition coefficient (Wildman–Crippen LogP) is 3.11. The van der Waals surface area contributed by atoms with E-state index < -0.39 is 10.8 Å². The maximum atomic E-state index is 12.6. The van der Waals surface area contributed by atoms with Crippen LogP contribution in [0, 0.1) is 24.2 Å². The monoisotopic (exact) mass is 276 g/mol. The first-order valence-electron chi connectivity index (χ1n) is 6.92. The van der Waals surface area contributed by atoms with E-state index in [-0.39, 0.29) is 22.4 Å². The van der Waals surface area contributed by atoms with Crippen LogP contribution < -0.4 is 0 Å². The molecule has 1 aromatic carbocycles. The van der Waals surface area contributed by atoms with E-state index >= 15 is 0 Å². The number of rotatable bonds is 2. The van der Waals surface area contributed by atoms with Gasteiger partial charge in [-0.05, 0) is 43.2 Å². The molecule has 0 saturated heterocycles. The molecule has 4 atom stereocenters. The van der Waals surface area contributed by atoms with Crippen LogP contribution in [0.3, 0.4) is 0 Å². The Bertz CT molecular complexity index is 544. The fraction of sp³-hybridized carbons (Fsp3) is 0.562. The molecule has 0 aliphatic heterocycles. The minimum atomic E-state index is -1.18. The lowest BCUT2D eigenvalue weighted by molar-refractivity contribution is -0.147. The third-order valence-corrected chi connectivity index (χ3v) is 6.82. The van der Waals surface area contributed by atoms with Gasteiger partial charge in [0.2, 0.25) is 0 Å². The van der Waals surface area contributed by atoms with Crippen LogP contribution in [0.2, 0.25) is 0 Å². The Morgan fingerprint density at radius 3 is 2.32 bits per heavy atom. The quantitative estimate of drug-likeness (QED) is 0.831. The summed E-state index contributed by atoms with van der Waals surface area (Å²) in [5.41, 5.74) is 1.28. The molecular formula is C16H20O2S. The molecule has 3 fully saturated rings. The summed E-state index contributed by atoms with van der Waals surface area (Å²) in [6.07, 6.45) is 1.80. The van der Waals surface area contributed by atoms with Crippen molar-refractivity contribution in [2.45, 2.75) is 43.8 Å². The van der Waals surface area contributed by atoms with Crippen LogP contribution in [0.15, 0.2) is 29.2 Å². The number of benzene rings is 1. The third-order valence-electron chi connectivity index (χ3n) is 5.14. The van der Waals surface area contributed by atoms with Gasteiger partial charge in [0.05, 0.1) is 16.0 Å². The van der Waals surface area contributed by atoms with E-state index in [9.17, 15) is 9.00 Å². The molecule has 0 heterocycles. The van der Waals surface area contributed by atoms with E-state index in [1.807, 2.05) is 31.2 Å². The van der Waals surface area contributed by atoms with Crippen molar-refractivity contribution in [3.8, 4) is 0 Å². The molecule has 1 aromatic rings. The Labute approximate surface area is 117 Å². The summed E-state index contributed by atoms with van der Waals surface area (Å²) in [5.74, 6) is 0.923. The zero-order valence-corrected chi connectivity index (χ0v) is 12.5. The van der Waals surface area contributed by atoms with Crippen molar-refractivity contribution in [3.63, 3.8) is 0 Å². The SMILES string of the molecule is Cc1ccc([S@](=O)[C@@H]2C[C@H]3C[C@@H](C2=O)C3(C)C)cc1. The normalized spacial score (nSPS) is 33.6. The number of hydrogen-bond donors (Lipinski definition) is 0. The summed E-state index contributed by atoms with van der Waals surface area (Å²) in [5, 5.41) is -0.278. The summed E-state index contributed by atoms with van der Waals surface area (Å²) < 4.78 is 12.6. The first-order chi connectivity index (χ1) is 8.91. The van der Waals surface area contributed by atoms with Crippen LogP contribution in [0.5, 0.6) is 0 Å². The highest BCUT2D eigenvalue weighted by atomic mass is 32.2. The Balaban J connectivity index is 1.83. The summed E-state index contributed by atoms with van der Waals surface area (Å²) >= 11 is 0. The fourth-order valence-corrected chi connectivity index (χ4v) is 5.04. The summed E-state index contributed by atoms with van der Waals surface area (Å²) in [4.78, 5) is 13.3. The van der Waals surface area contributed by atoms with Gasteiger partial charge >= 0.3 is 0 Å². The number of fused-ring (bicyclic) bond motifs is 2. The molecule has 102 valence electrons. The Morgan fingerprint density at radius 1 is 1.16 bits per heavy atom. The van der Waals surface area contributed by atoms with Gasteiger partial charge in [0.25, 0.3) is 0 Å². The summed E-state index contributed by atoms with van der Waals surface area (Å²) in [6, 6.07) is 7.71. The molecule has 0 spiro atoms. The van der Waals surface area contributed by atoms with Gasteiger partial charge in [-0.25, -0.2) is 0 Å². The second-order valence-corrected chi connectivity index (χ2v) is 8.18. The maximum Gasteiger partial charge on any atom is 0.152 e. The van der Waals surface area contributed by atoms with E-state index in [0.29, 0.717) is 5.92 Å². The zero-order valence-electron chi connectivity index (χ0n) is 11.7. The molecule has 0 aromatic heterocycles. The number of ketones is 1. The Morgan fingerprint density at radius 2 is 1.79 bits per heavy atom. The van der Waals surface area contributed by atoms with Crippen LogP contribution in [0.1, 0.15) is 32.3 Å². The lowest BCUT2D eigenvalue weighted by Crippen LogP contribution is -2.58. The van der Waals surface area contributed by atoms with Gasteiger partial charge in [-0.15, -0.1) is 0 Å². The average Bonchev–Trinajstić information content (AvgIpc) is 2.38. The van der Waals surface area contributed by atoms with Crippen molar-refractivity contribution in [2.75, 3.05) is 0 Å². The minimum Gasteiger partial charge on any atom is -0.298 e. The number of carbonyl (C=O) groups excluding carboxylic acids is 1. The molecule has 0 unspecified atom stereocenters. The Hall–Kier alpha value is -0.960. The van der Waals surface area contributed by atoms with E-state index in [1.54, 1.807) is 0 Å². The van der Waals surface area contributed by atoms with Crippen LogP contribution in [0.25, 0.3) is 0 Å². The smallest absolute Gasteiger partial charge is 0.152 e. The molecule has 0 N–H and O–H groups in total. The van der Waals surface area contributed by atoms with Crippen LogP contribution >= 0.6 is 0 Å². The molecule has 3 aliphatic rings. The van der Waals surface area contributed by atoms with Crippen molar-refractivity contribution in [1.82, 2.24) is 0 Å². The number of aryl methyl sites for hydroxylation is 1. The zero-order chi connectivity index (χ0) is 13.8. The summed E-state index contributed by atoms with van der Waals surface area (Å²) in [7, 11) is -1.18. The second-order valence-electron chi connectivity index (χ2n) is 6.54. The molecule has 0 radical (unpaired) electrons. The van der Waals surface area contributed by atoms with Gasteiger partial charge in [-0.2, -0.15) is 0 Å². The van der Waals surface area contributed by atoms with E-state index in [0.717, 1.165) is 23.3 Å². The highest BCUT2D eigenvalue weighted by Crippen LogP contribution is 2.58. The second kappa shape index (κ2) is 4.27. The van der Waals surface area contributed by atoms with E-state index in [1.165, 1.54) is 0 Å². The topological polar surface area (TPSA) is 34.1 Å². The highest BCUT2D eigenvalue weighted by Gasteiger charge is 2.58. The largest absolute Gasteiger partial charge is 0.298 e. The van der Waals surface area contributed by atoms with E-state index in [2.05, 4.69) is 13.8 Å². The van der Waals surface area contributed by atoms with Crippen LogP contribution in [-0.2, 0) is 15.6 Å². The third kappa shape index (κ3) is 1.90. The predicted molar refractivity (Wildman–Crippen MR) is 76.4 cm³/mol. The molecular weight excluding hydrogens is 256 g/mol. The standard InChI is InChI=1S/C16H20O2S/c1-10-4-6-12(7-5-10)19(18)14-9-11-8-13(15(14)17)16(11,2)3/h4-7,11,13-14H,8-9H2,1-3H3/t11-,13+,14-,19+/m1/s1. The molecule has 0 amide bonds. The van der Waals surface area contributed by atoms with Crippen molar-refractivity contribution in [2.24, 2.45) is 17.3 Å². The van der Waals surface area contributed by atoms with Gasteiger partial charge in [0.15, 0.2) is 5.78 Å².